The first-order chi connectivity index (χ1) is 8.61. The Balaban J connectivity index is 2.09. The number of nitrogens with one attached hydrogen (secondary N) is 1. The molecule has 2 atom stereocenters. The lowest BCUT2D eigenvalue weighted by Gasteiger charge is -2.36. The molecular weight excluding hydrogens is 226 g/mol. The standard InChI is InChI=1S/C14H23N3O/c1-10-9-17(2)8-7-11(10)16-12-5-4-6-13(18-3)14(12)15/h4-6,10-11,16H,7-9,15H2,1-3H3. The van der Waals surface area contributed by atoms with E-state index in [2.05, 4.69) is 24.2 Å². The van der Waals surface area contributed by atoms with Crippen LogP contribution in [0.15, 0.2) is 18.2 Å². The second-order valence-corrected chi connectivity index (χ2v) is 5.20. The van der Waals surface area contributed by atoms with Crippen LogP contribution in [-0.4, -0.2) is 38.2 Å². The molecule has 100 valence electrons. The molecule has 1 saturated heterocycles. The minimum atomic E-state index is 0.482. The average molecular weight is 249 g/mol. The van der Waals surface area contributed by atoms with Gasteiger partial charge in [-0.05, 0) is 38.1 Å². The lowest BCUT2D eigenvalue weighted by Crippen LogP contribution is -2.43. The highest BCUT2D eigenvalue weighted by Gasteiger charge is 2.24. The van der Waals surface area contributed by atoms with E-state index in [1.807, 2.05) is 18.2 Å². The van der Waals surface area contributed by atoms with E-state index in [9.17, 15) is 0 Å². The van der Waals surface area contributed by atoms with Crippen LogP contribution in [-0.2, 0) is 0 Å². The summed E-state index contributed by atoms with van der Waals surface area (Å²) in [5.41, 5.74) is 7.77. The van der Waals surface area contributed by atoms with E-state index in [4.69, 9.17) is 10.5 Å². The molecule has 0 spiro atoms. The number of nitrogen functional groups attached to an aromatic ring is 1. The Kier molecular flexibility index (Phi) is 3.97. The Morgan fingerprint density at radius 2 is 2.22 bits per heavy atom. The van der Waals surface area contributed by atoms with Gasteiger partial charge in [-0.1, -0.05) is 13.0 Å². The van der Waals surface area contributed by atoms with Crippen molar-refractivity contribution >= 4 is 11.4 Å². The Morgan fingerprint density at radius 3 is 2.89 bits per heavy atom. The monoisotopic (exact) mass is 249 g/mol. The fourth-order valence-corrected chi connectivity index (χ4v) is 2.62. The van der Waals surface area contributed by atoms with Crippen LogP contribution in [0.3, 0.4) is 0 Å². The van der Waals surface area contributed by atoms with Gasteiger partial charge in [-0.15, -0.1) is 0 Å². The number of para-hydroxylation sites is 1. The molecule has 1 aliphatic rings. The van der Waals surface area contributed by atoms with Gasteiger partial charge in [-0.25, -0.2) is 0 Å². The van der Waals surface area contributed by atoms with Crippen molar-refractivity contribution in [2.45, 2.75) is 19.4 Å². The maximum Gasteiger partial charge on any atom is 0.143 e. The molecule has 4 nitrogen and oxygen atoms in total. The molecule has 3 N–H and O–H groups in total. The summed E-state index contributed by atoms with van der Waals surface area (Å²) >= 11 is 0. The minimum absolute atomic E-state index is 0.482. The zero-order valence-electron chi connectivity index (χ0n) is 11.4. The summed E-state index contributed by atoms with van der Waals surface area (Å²) in [5.74, 6) is 1.36. The summed E-state index contributed by atoms with van der Waals surface area (Å²) < 4.78 is 5.25. The van der Waals surface area contributed by atoms with Crippen LogP contribution >= 0.6 is 0 Å². The maximum absolute atomic E-state index is 6.09. The number of likely N-dealkylation sites (tertiary alicyclic amines) is 1. The van der Waals surface area contributed by atoms with Crippen molar-refractivity contribution in [3.05, 3.63) is 18.2 Å². The first-order valence-corrected chi connectivity index (χ1v) is 6.49. The van der Waals surface area contributed by atoms with E-state index in [0.29, 0.717) is 17.6 Å². The van der Waals surface area contributed by atoms with Gasteiger partial charge in [0.05, 0.1) is 18.5 Å². The molecule has 1 aliphatic heterocycles. The summed E-state index contributed by atoms with van der Waals surface area (Å²) in [6.45, 7) is 4.54. The number of ether oxygens (including phenoxy) is 1. The van der Waals surface area contributed by atoms with Crippen molar-refractivity contribution in [3.63, 3.8) is 0 Å². The number of piperidine rings is 1. The van der Waals surface area contributed by atoms with Gasteiger partial charge in [-0.2, -0.15) is 0 Å². The lowest BCUT2D eigenvalue weighted by atomic mass is 9.94. The van der Waals surface area contributed by atoms with Crippen molar-refractivity contribution in [1.82, 2.24) is 4.90 Å². The van der Waals surface area contributed by atoms with Crippen molar-refractivity contribution in [3.8, 4) is 5.75 Å². The molecule has 0 bridgehead atoms. The second kappa shape index (κ2) is 5.48. The number of hydrogen-bond acceptors (Lipinski definition) is 4. The Morgan fingerprint density at radius 1 is 1.44 bits per heavy atom. The zero-order chi connectivity index (χ0) is 13.1. The summed E-state index contributed by atoms with van der Waals surface area (Å²) in [5, 5.41) is 3.56. The van der Waals surface area contributed by atoms with Gasteiger partial charge in [0.15, 0.2) is 0 Å². The van der Waals surface area contributed by atoms with Crippen molar-refractivity contribution in [2.75, 3.05) is 38.3 Å². The summed E-state index contributed by atoms with van der Waals surface area (Å²) in [6, 6.07) is 6.36. The van der Waals surface area contributed by atoms with Crippen LogP contribution in [0.2, 0.25) is 0 Å². The fourth-order valence-electron chi connectivity index (χ4n) is 2.62. The van der Waals surface area contributed by atoms with Crippen LogP contribution in [0.5, 0.6) is 5.75 Å². The van der Waals surface area contributed by atoms with E-state index >= 15 is 0 Å². The van der Waals surface area contributed by atoms with Crippen LogP contribution in [0, 0.1) is 5.92 Å². The Hall–Kier alpha value is -1.42. The smallest absolute Gasteiger partial charge is 0.143 e. The molecule has 4 heteroatoms. The highest BCUT2D eigenvalue weighted by atomic mass is 16.5. The predicted molar refractivity (Wildman–Crippen MR) is 76.1 cm³/mol. The zero-order valence-corrected chi connectivity index (χ0v) is 11.4. The van der Waals surface area contributed by atoms with Gasteiger partial charge < -0.3 is 20.7 Å². The molecule has 0 amide bonds. The molecule has 1 aromatic carbocycles. The maximum atomic E-state index is 6.09. The average Bonchev–Trinajstić information content (AvgIpc) is 2.35. The molecule has 0 aliphatic carbocycles. The van der Waals surface area contributed by atoms with Gasteiger partial charge in [0.25, 0.3) is 0 Å². The quantitative estimate of drug-likeness (QED) is 0.805. The molecule has 1 aromatic rings. The second-order valence-electron chi connectivity index (χ2n) is 5.20. The summed E-state index contributed by atoms with van der Waals surface area (Å²) in [6.07, 6.45) is 1.15. The number of hydrogen-bond donors (Lipinski definition) is 2. The summed E-state index contributed by atoms with van der Waals surface area (Å²) in [4.78, 5) is 2.37. The molecule has 0 radical (unpaired) electrons. The number of benzene rings is 1. The summed E-state index contributed by atoms with van der Waals surface area (Å²) in [7, 11) is 3.82. The Bertz CT molecular complexity index is 408. The largest absolute Gasteiger partial charge is 0.495 e. The van der Waals surface area contributed by atoms with Crippen LogP contribution in [0.4, 0.5) is 11.4 Å². The van der Waals surface area contributed by atoms with Crippen LogP contribution in [0.25, 0.3) is 0 Å². The van der Waals surface area contributed by atoms with Gasteiger partial charge in [0.1, 0.15) is 5.75 Å². The van der Waals surface area contributed by atoms with E-state index in [0.717, 1.165) is 30.9 Å². The van der Waals surface area contributed by atoms with E-state index in [-0.39, 0.29) is 0 Å². The third-order valence-electron chi connectivity index (χ3n) is 3.74. The van der Waals surface area contributed by atoms with Crippen molar-refractivity contribution in [1.29, 1.82) is 0 Å². The minimum Gasteiger partial charge on any atom is -0.495 e. The SMILES string of the molecule is COc1cccc(NC2CCN(C)CC2C)c1N. The van der Waals surface area contributed by atoms with Gasteiger partial charge >= 0.3 is 0 Å². The van der Waals surface area contributed by atoms with E-state index in [1.165, 1.54) is 0 Å². The fraction of sp³-hybridized carbons (Fsp3) is 0.571. The topological polar surface area (TPSA) is 50.5 Å². The number of nitrogens with zero attached hydrogens (tertiary/aromatic N) is 1. The molecule has 1 heterocycles. The third-order valence-corrected chi connectivity index (χ3v) is 3.74. The van der Waals surface area contributed by atoms with Gasteiger partial charge in [0, 0.05) is 12.6 Å². The highest BCUT2D eigenvalue weighted by molar-refractivity contribution is 5.73. The molecule has 18 heavy (non-hydrogen) atoms. The highest BCUT2D eigenvalue weighted by Crippen LogP contribution is 2.31. The lowest BCUT2D eigenvalue weighted by molar-refractivity contribution is 0.206. The van der Waals surface area contributed by atoms with Gasteiger partial charge in [0.2, 0.25) is 0 Å². The van der Waals surface area contributed by atoms with Crippen molar-refractivity contribution < 1.29 is 4.74 Å². The van der Waals surface area contributed by atoms with E-state index in [1.54, 1.807) is 7.11 Å². The number of methoxy groups -OCH3 is 1. The molecule has 0 aromatic heterocycles. The van der Waals surface area contributed by atoms with Crippen LogP contribution < -0.4 is 15.8 Å². The van der Waals surface area contributed by atoms with Crippen molar-refractivity contribution in [2.24, 2.45) is 5.92 Å². The molecular formula is C14H23N3O. The molecule has 2 unspecified atom stereocenters. The number of anilines is 2. The Labute approximate surface area is 109 Å². The first-order valence-electron chi connectivity index (χ1n) is 6.49. The normalized spacial score (nSPS) is 24.8. The molecule has 2 rings (SSSR count). The first kappa shape index (κ1) is 13.0. The molecule has 1 fully saturated rings. The van der Waals surface area contributed by atoms with E-state index < -0.39 is 0 Å². The van der Waals surface area contributed by atoms with Crippen LogP contribution in [0.1, 0.15) is 13.3 Å². The third kappa shape index (κ3) is 2.70. The van der Waals surface area contributed by atoms with Gasteiger partial charge in [-0.3, -0.25) is 0 Å². The number of nitrogens with two attached hydrogens (primary N) is 1. The number of rotatable bonds is 3. The predicted octanol–water partition coefficient (Wildman–Crippen LogP) is 2.03. The molecule has 0 saturated carbocycles.